The summed E-state index contributed by atoms with van der Waals surface area (Å²) in [4.78, 5) is 21.7. The average Bonchev–Trinajstić information content (AvgIpc) is 3.20. The van der Waals surface area contributed by atoms with Gasteiger partial charge in [-0.25, -0.2) is 0 Å². The van der Waals surface area contributed by atoms with Gasteiger partial charge in [0.05, 0.1) is 11.4 Å². The van der Waals surface area contributed by atoms with E-state index < -0.39 is 0 Å². The Kier molecular flexibility index (Phi) is 5.48. The van der Waals surface area contributed by atoms with Crippen LogP contribution in [0.5, 0.6) is 0 Å². The molecule has 3 aromatic rings. The predicted molar refractivity (Wildman–Crippen MR) is 119 cm³/mol. The van der Waals surface area contributed by atoms with Crippen molar-refractivity contribution in [3.63, 3.8) is 0 Å². The summed E-state index contributed by atoms with van der Waals surface area (Å²) in [5.41, 5.74) is 7.15. The van der Waals surface area contributed by atoms with Crippen molar-refractivity contribution in [3.05, 3.63) is 101 Å². The van der Waals surface area contributed by atoms with Gasteiger partial charge in [0, 0.05) is 36.4 Å². The molecule has 3 nitrogen and oxygen atoms in total. The van der Waals surface area contributed by atoms with Gasteiger partial charge in [-0.1, -0.05) is 62.4 Å². The van der Waals surface area contributed by atoms with Crippen LogP contribution in [0.25, 0.3) is 11.3 Å². The fraction of sp³-hybridized carbons (Fsp3) is 0.192. The van der Waals surface area contributed by atoms with Crippen LogP contribution in [0, 0.1) is 5.92 Å². The molecule has 0 spiro atoms. The number of pyridine rings is 1. The molecule has 0 radical (unpaired) electrons. The van der Waals surface area contributed by atoms with Crippen molar-refractivity contribution in [1.29, 1.82) is 0 Å². The predicted octanol–water partition coefficient (Wildman–Crippen LogP) is 6.07. The Bertz CT molecular complexity index is 1080. The molecule has 0 bridgehead atoms. The quantitative estimate of drug-likeness (QED) is 0.487. The zero-order chi connectivity index (χ0) is 20.2. The van der Waals surface area contributed by atoms with Gasteiger partial charge >= 0.3 is 0 Å². The van der Waals surface area contributed by atoms with Crippen molar-refractivity contribution < 1.29 is 4.79 Å². The summed E-state index contributed by atoms with van der Waals surface area (Å²) in [6, 6.07) is 22.2. The minimum absolute atomic E-state index is 0.190. The SMILES string of the molecule is CC(C)CC(=O)c1cccc(C2=C(c3ccncc3)N=C(c3ccccc3)C2)c1. The normalized spacial score (nSPS) is 13.7. The van der Waals surface area contributed by atoms with Gasteiger partial charge < -0.3 is 0 Å². The zero-order valence-corrected chi connectivity index (χ0v) is 16.8. The lowest BCUT2D eigenvalue weighted by Crippen LogP contribution is -2.04. The average molecular weight is 380 g/mol. The minimum atomic E-state index is 0.190. The first-order valence-corrected chi connectivity index (χ1v) is 10.0. The second-order valence-electron chi connectivity index (χ2n) is 7.77. The standard InChI is InChI=1S/C26H24N2O/c1-18(2)15-25(29)22-10-6-9-21(16-22)23-17-24(19-7-4-3-5-8-19)28-26(23)20-11-13-27-14-12-20/h3-14,16,18H,15,17H2,1-2H3. The Labute approximate surface area is 171 Å². The summed E-state index contributed by atoms with van der Waals surface area (Å²) in [7, 11) is 0. The molecule has 1 aromatic heterocycles. The summed E-state index contributed by atoms with van der Waals surface area (Å²) in [5.74, 6) is 0.535. The number of benzene rings is 2. The second kappa shape index (κ2) is 8.36. The van der Waals surface area contributed by atoms with Crippen molar-refractivity contribution in [3.8, 4) is 0 Å². The van der Waals surface area contributed by atoms with Gasteiger partial charge in [0.1, 0.15) is 0 Å². The summed E-state index contributed by atoms with van der Waals surface area (Å²) in [6.45, 7) is 4.14. The molecule has 2 aromatic carbocycles. The lowest BCUT2D eigenvalue weighted by molar-refractivity contribution is 0.0968. The van der Waals surface area contributed by atoms with E-state index in [1.165, 1.54) is 0 Å². The lowest BCUT2D eigenvalue weighted by atomic mass is 9.93. The molecular formula is C26H24N2O. The highest BCUT2D eigenvalue weighted by atomic mass is 16.1. The topological polar surface area (TPSA) is 42.3 Å². The van der Waals surface area contributed by atoms with Gasteiger partial charge in [-0.15, -0.1) is 0 Å². The van der Waals surface area contributed by atoms with Crippen LogP contribution in [0.4, 0.5) is 0 Å². The number of aliphatic imine (C=N–C) groups is 1. The molecule has 2 heterocycles. The van der Waals surface area contributed by atoms with E-state index in [1.54, 1.807) is 12.4 Å². The molecule has 0 atom stereocenters. The Morgan fingerprint density at radius 1 is 0.897 bits per heavy atom. The fourth-order valence-corrected chi connectivity index (χ4v) is 3.65. The van der Waals surface area contributed by atoms with Crippen LogP contribution in [0.2, 0.25) is 0 Å². The molecule has 1 aliphatic heterocycles. The molecule has 144 valence electrons. The maximum atomic E-state index is 12.6. The third-order valence-electron chi connectivity index (χ3n) is 5.06. The highest BCUT2D eigenvalue weighted by Crippen LogP contribution is 2.37. The summed E-state index contributed by atoms with van der Waals surface area (Å²) >= 11 is 0. The highest BCUT2D eigenvalue weighted by Gasteiger charge is 2.22. The first-order valence-electron chi connectivity index (χ1n) is 10.0. The number of Topliss-reactive ketones (excluding diaryl/α,β-unsaturated/α-hetero) is 1. The van der Waals surface area contributed by atoms with E-state index in [0.29, 0.717) is 12.3 Å². The number of carbonyl (C=O) groups excluding carboxylic acids is 1. The van der Waals surface area contributed by atoms with Crippen LogP contribution < -0.4 is 0 Å². The van der Waals surface area contributed by atoms with Crippen LogP contribution in [-0.2, 0) is 0 Å². The van der Waals surface area contributed by atoms with Crippen molar-refractivity contribution in [2.75, 3.05) is 0 Å². The number of aromatic nitrogens is 1. The van der Waals surface area contributed by atoms with Crippen LogP contribution in [0.1, 0.15) is 53.7 Å². The van der Waals surface area contributed by atoms with Crippen molar-refractivity contribution in [1.82, 2.24) is 4.98 Å². The Morgan fingerprint density at radius 3 is 2.34 bits per heavy atom. The van der Waals surface area contributed by atoms with E-state index in [4.69, 9.17) is 4.99 Å². The van der Waals surface area contributed by atoms with Crippen LogP contribution in [0.3, 0.4) is 0 Å². The van der Waals surface area contributed by atoms with Gasteiger partial charge in [0.15, 0.2) is 5.78 Å². The molecule has 0 saturated carbocycles. The third-order valence-corrected chi connectivity index (χ3v) is 5.06. The summed E-state index contributed by atoms with van der Waals surface area (Å²) in [6.07, 6.45) is 4.88. The van der Waals surface area contributed by atoms with Crippen LogP contribution >= 0.6 is 0 Å². The molecule has 1 aliphatic rings. The van der Waals surface area contributed by atoms with Crippen molar-refractivity contribution >= 4 is 22.8 Å². The summed E-state index contributed by atoms with van der Waals surface area (Å²) < 4.78 is 0. The molecule has 0 unspecified atom stereocenters. The molecule has 0 saturated heterocycles. The summed E-state index contributed by atoms with van der Waals surface area (Å²) in [5, 5.41) is 0. The van der Waals surface area contributed by atoms with E-state index >= 15 is 0 Å². The first kappa shape index (κ1) is 19.0. The van der Waals surface area contributed by atoms with Gasteiger partial charge in [0.25, 0.3) is 0 Å². The number of rotatable bonds is 6. The van der Waals surface area contributed by atoms with Crippen molar-refractivity contribution in [2.24, 2.45) is 10.9 Å². The minimum Gasteiger partial charge on any atom is -0.294 e. The second-order valence-corrected chi connectivity index (χ2v) is 7.77. The maximum absolute atomic E-state index is 12.6. The molecule has 29 heavy (non-hydrogen) atoms. The number of carbonyl (C=O) groups is 1. The van der Waals surface area contributed by atoms with E-state index in [2.05, 4.69) is 37.0 Å². The van der Waals surface area contributed by atoms with E-state index in [1.807, 2.05) is 48.5 Å². The third kappa shape index (κ3) is 4.24. The monoisotopic (exact) mass is 380 g/mol. The highest BCUT2D eigenvalue weighted by molar-refractivity contribution is 6.17. The van der Waals surface area contributed by atoms with E-state index in [9.17, 15) is 4.79 Å². The fourth-order valence-electron chi connectivity index (χ4n) is 3.65. The molecular weight excluding hydrogens is 356 g/mol. The molecule has 4 rings (SSSR count). The van der Waals surface area contributed by atoms with E-state index in [-0.39, 0.29) is 5.78 Å². The largest absolute Gasteiger partial charge is 0.294 e. The smallest absolute Gasteiger partial charge is 0.163 e. The van der Waals surface area contributed by atoms with Gasteiger partial charge in [-0.05, 0) is 40.8 Å². The Hall–Kier alpha value is -3.33. The lowest BCUT2D eigenvalue weighted by Gasteiger charge is -2.10. The molecule has 3 heteroatoms. The molecule has 0 amide bonds. The van der Waals surface area contributed by atoms with Gasteiger partial charge in [-0.3, -0.25) is 14.8 Å². The number of nitrogens with zero attached hydrogens (tertiary/aromatic N) is 2. The van der Waals surface area contributed by atoms with Gasteiger partial charge in [-0.2, -0.15) is 0 Å². The number of allylic oxidation sites excluding steroid dienone is 1. The van der Waals surface area contributed by atoms with Crippen molar-refractivity contribution in [2.45, 2.75) is 26.7 Å². The maximum Gasteiger partial charge on any atom is 0.163 e. The van der Waals surface area contributed by atoms with E-state index in [0.717, 1.165) is 45.7 Å². The number of hydrogen-bond donors (Lipinski definition) is 0. The Balaban J connectivity index is 1.76. The first-order chi connectivity index (χ1) is 14.1. The molecule has 0 fully saturated rings. The van der Waals surface area contributed by atoms with Gasteiger partial charge in [0.2, 0.25) is 0 Å². The van der Waals surface area contributed by atoms with Crippen LogP contribution in [0.15, 0.2) is 84.1 Å². The molecule has 0 aliphatic carbocycles. The number of hydrogen-bond acceptors (Lipinski definition) is 3. The number of ketones is 1. The zero-order valence-electron chi connectivity index (χ0n) is 16.8. The Morgan fingerprint density at radius 2 is 1.62 bits per heavy atom. The van der Waals surface area contributed by atoms with Crippen LogP contribution in [-0.4, -0.2) is 16.5 Å². The molecule has 0 N–H and O–H groups in total.